The van der Waals surface area contributed by atoms with Crippen LogP contribution in [0.15, 0.2) is 18.3 Å². The van der Waals surface area contributed by atoms with Crippen LogP contribution in [0.5, 0.6) is 5.75 Å². The fourth-order valence-electron chi connectivity index (χ4n) is 0.981. The fraction of sp³-hybridized carbons (Fsp3) is 0.300. The van der Waals surface area contributed by atoms with Crippen LogP contribution in [-0.4, -0.2) is 23.5 Å². The summed E-state index contributed by atoms with van der Waals surface area (Å²) in [6.45, 7) is 3.18. The van der Waals surface area contributed by atoms with Crippen molar-refractivity contribution in [2.45, 2.75) is 13.8 Å². The van der Waals surface area contributed by atoms with E-state index in [4.69, 9.17) is 9.47 Å². The minimum Gasteiger partial charge on any atom is -0.461 e. The number of carbonyl (C=O) groups excluding carboxylic acids is 2. The molecule has 15 heavy (non-hydrogen) atoms. The van der Waals surface area contributed by atoms with Crippen LogP contribution in [0.1, 0.15) is 24.3 Å². The van der Waals surface area contributed by atoms with Gasteiger partial charge in [0, 0.05) is 13.1 Å². The Morgan fingerprint density at radius 2 is 2.20 bits per heavy atom. The standard InChI is InChI=1S/C10H11NO4/c1-3-14-10(13)9-8(15-7(2)12)5-4-6-11-9/h4-6H,3H2,1-2H3. The third-order valence-corrected chi connectivity index (χ3v) is 1.49. The van der Waals surface area contributed by atoms with Crippen LogP contribution in [0.3, 0.4) is 0 Å². The molecular formula is C10H11NO4. The Balaban J connectivity index is 2.95. The molecule has 1 heterocycles. The number of nitrogens with zero attached hydrogens (tertiary/aromatic N) is 1. The molecule has 1 aromatic heterocycles. The van der Waals surface area contributed by atoms with E-state index in [9.17, 15) is 9.59 Å². The van der Waals surface area contributed by atoms with E-state index in [2.05, 4.69) is 4.98 Å². The molecule has 80 valence electrons. The summed E-state index contributed by atoms with van der Waals surface area (Å²) in [4.78, 5) is 25.9. The highest BCUT2D eigenvalue weighted by atomic mass is 16.5. The molecule has 0 aromatic carbocycles. The molecule has 1 rings (SSSR count). The summed E-state index contributed by atoms with van der Waals surface area (Å²) in [5, 5.41) is 0. The van der Waals surface area contributed by atoms with E-state index in [0.717, 1.165) is 0 Å². The van der Waals surface area contributed by atoms with Gasteiger partial charge in [-0.1, -0.05) is 0 Å². The predicted octanol–water partition coefficient (Wildman–Crippen LogP) is 1.18. The summed E-state index contributed by atoms with van der Waals surface area (Å²) >= 11 is 0. The molecule has 0 atom stereocenters. The number of carbonyl (C=O) groups is 2. The molecule has 0 saturated heterocycles. The van der Waals surface area contributed by atoms with Gasteiger partial charge in [0.2, 0.25) is 0 Å². The van der Waals surface area contributed by atoms with Gasteiger partial charge >= 0.3 is 11.9 Å². The van der Waals surface area contributed by atoms with E-state index in [-0.39, 0.29) is 18.1 Å². The van der Waals surface area contributed by atoms with E-state index >= 15 is 0 Å². The second-order valence-corrected chi connectivity index (χ2v) is 2.66. The zero-order valence-corrected chi connectivity index (χ0v) is 8.52. The van der Waals surface area contributed by atoms with E-state index in [1.165, 1.54) is 19.2 Å². The predicted molar refractivity (Wildman–Crippen MR) is 51.5 cm³/mol. The Morgan fingerprint density at radius 3 is 2.80 bits per heavy atom. The van der Waals surface area contributed by atoms with Crippen molar-refractivity contribution in [1.82, 2.24) is 4.98 Å². The average molecular weight is 209 g/mol. The van der Waals surface area contributed by atoms with Gasteiger partial charge < -0.3 is 9.47 Å². The zero-order chi connectivity index (χ0) is 11.3. The van der Waals surface area contributed by atoms with Gasteiger partial charge in [-0.3, -0.25) is 4.79 Å². The average Bonchev–Trinajstić information content (AvgIpc) is 2.18. The summed E-state index contributed by atoms with van der Waals surface area (Å²) < 4.78 is 9.57. The summed E-state index contributed by atoms with van der Waals surface area (Å²) in [6, 6.07) is 3.06. The number of rotatable bonds is 3. The quantitative estimate of drug-likeness (QED) is 0.699. The van der Waals surface area contributed by atoms with Crippen molar-refractivity contribution >= 4 is 11.9 Å². The molecule has 0 N–H and O–H groups in total. The number of esters is 2. The normalized spacial score (nSPS) is 9.47. The highest BCUT2D eigenvalue weighted by Crippen LogP contribution is 2.16. The maximum Gasteiger partial charge on any atom is 0.360 e. The lowest BCUT2D eigenvalue weighted by molar-refractivity contribution is -0.131. The maximum atomic E-state index is 11.4. The Hall–Kier alpha value is -1.91. The van der Waals surface area contributed by atoms with Gasteiger partial charge in [-0.05, 0) is 19.1 Å². The summed E-state index contributed by atoms with van der Waals surface area (Å²) in [7, 11) is 0. The lowest BCUT2D eigenvalue weighted by atomic mass is 10.3. The molecule has 0 amide bonds. The molecule has 1 aromatic rings. The van der Waals surface area contributed by atoms with Crippen LogP contribution in [-0.2, 0) is 9.53 Å². The van der Waals surface area contributed by atoms with Crippen molar-refractivity contribution in [3.8, 4) is 5.75 Å². The summed E-state index contributed by atoms with van der Waals surface area (Å²) in [5.41, 5.74) is 0.00884. The monoisotopic (exact) mass is 209 g/mol. The van der Waals surface area contributed by atoms with Crippen molar-refractivity contribution in [1.29, 1.82) is 0 Å². The van der Waals surface area contributed by atoms with Crippen LogP contribution >= 0.6 is 0 Å². The van der Waals surface area contributed by atoms with E-state index in [1.54, 1.807) is 13.0 Å². The zero-order valence-electron chi connectivity index (χ0n) is 8.52. The molecule has 5 heteroatoms. The minimum atomic E-state index is -0.602. The lowest BCUT2D eigenvalue weighted by Gasteiger charge is -2.06. The molecule has 0 aliphatic heterocycles. The van der Waals surface area contributed by atoms with Crippen molar-refractivity contribution in [3.63, 3.8) is 0 Å². The smallest absolute Gasteiger partial charge is 0.360 e. The molecule has 0 aliphatic rings. The molecule has 0 bridgehead atoms. The van der Waals surface area contributed by atoms with Crippen molar-refractivity contribution in [3.05, 3.63) is 24.0 Å². The van der Waals surface area contributed by atoms with E-state index in [1.807, 2.05) is 0 Å². The Bertz CT molecular complexity index is 375. The lowest BCUT2D eigenvalue weighted by Crippen LogP contribution is -2.11. The molecule has 0 aliphatic carbocycles. The second kappa shape index (κ2) is 5.09. The number of hydrogen-bond donors (Lipinski definition) is 0. The first kappa shape index (κ1) is 11.2. The van der Waals surface area contributed by atoms with Gasteiger partial charge in [0.25, 0.3) is 0 Å². The molecule has 0 radical (unpaired) electrons. The van der Waals surface area contributed by atoms with Gasteiger partial charge in [0.15, 0.2) is 11.4 Å². The molecule has 0 unspecified atom stereocenters. The van der Waals surface area contributed by atoms with Crippen LogP contribution in [0, 0.1) is 0 Å². The third-order valence-electron chi connectivity index (χ3n) is 1.49. The summed E-state index contributed by atoms with van der Waals surface area (Å²) in [5.74, 6) is -0.994. The van der Waals surface area contributed by atoms with Crippen molar-refractivity contribution in [2.24, 2.45) is 0 Å². The molecule has 0 fully saturated rings. The first-order valence-corrected chi connectivity index (χ1v) is 4.45. The SMILES string of the molecule is CCOC(=O)c1ncccc1OC(C)=O. The minimum absolute atomic E-state index is 0.00884. The van der Waals surface area contributed by atoms with Crippen LogP contribution < -0.4 is 4.74 Å². The van der Waals surface area contributed by atoms with Gasteiger partial charge in [-0.25, -0.2) is 9.78 Å². The van der Waals surface area contributed by atoms with E-state index in [0.29, 0.717) is 0 Å². The van der Waals surface area contributed by atoms with E-state index < -0.39 is 11.9 Å². The third kappa shape index (κ3) is 3.05. The highest BCUT2D eigenvalue weighted by molar-refractivity contribution is 5.91. The number of ether oxygens (including phenoxy) is 2. The molecular weight excluding hydrogens is 198 g/mol. The van der Waals surface area contributed by atoms with Crippen molar-refractivity contribution in [2.75, 3.05) is 6.61 Å². The first-order valence-electron chi connectivity index (χ1n) is 4.45. The van der Waals surface area contributed by atoms with Crippen LogP contribution in [0.25, 0.3) is 0 Å². The van der Waals surface area contributed by atoms with Gasteiger partial charge in [-0.15, -0.1) is 0 Å². The Kier molecular flexibility index (Phi) is 3.79. The fourth-order valence-corrected chi connectivity index (χ4v) is 0.981. The second-order valence-electron chi connectivity index (χ2n) is 2.66. The van der Waals surface area contributed by atoms with Gasteiger partial charge in [-0.2, -0.15) is 0 Å². The molecule has 5 nitrogen and oxygen atoms in total. The van der Waals surface area contributed by atoms with Gasteiger partial charge in [0.05, 0.1) is 6.61 Å². The molecule has 0 saturated carbocycles. The highest BCUT2D eigenvalue weighted by Gasteiger charge is 2.15. The number of aromatic nitrogens is 1. The first-order chi connectivity index (χ1) is 7.15. The molecule has 0 spiro atoms. The maximum absolute atomic E-state index is 11.4. The van der Waals surface area contributed by atoms with Crippen molar-refractivity contribution < 1.29 is 19.1 Å². The largest absolute Gasteiger partial charge is 0.461 e. The Labute approximate surface area is 87.0 Å². The number of hydrogen-bond acceptors (Lipinski definition) is 5. The van der Waals surface area contributed by atoms with Crippen LogP contribution in [0.2, 0.25) is 0 Å². The number of pyridine rings is 1. The topological polar surface area (TPSA) is 65.5 Å². The Morgan fingerprint density at radius 1 is 1.47 bits per heavy atom. The van der Waals surface area contributed by atoms with Gasteiger partial charge in [0.1, 0.15) is 0 Å². The summed E-state index contributed by atoms with van der Waals surface area (Å²) in [6.07, 6.45) is 1.43. The van der Waals surface area contributed by atoms with Crippen LogP contribution in [0.4, 0.5) is 0 Å².